The van der Waals surface area contributed by atoms with Crippen molar-refractivity contribution in [2.45, 2.75) is 26.0 Å². The first-order valence-electron chi connectivity index (χ1n) is 4.88. The Kier molecular flexibility index (Phi) is 4.87. The molecule has 0 aliphatic rings. The Bertz CT molecular complexity index is 330. The number of rotatable bonds is 4. The predicted octanol–water partition coefficient (Wildman–Crippen LogP) is 3.42. The van der Waals surface area contributed by atoms with Crippen LogP contribution in [0.2, 0.25) is 10.0 Å². The molecule has 0 radical (unpaired) electrons. The van der Waals surface area contributed by atoms with Gasteiger partial charge in [-0.1, -0.05) is 29.3 Å². The molecule has 2 atom stereocenters. The number of hydrogen-bond acceptors (Lipinski definition) is 2. The van der Waals surface area contributed by atoms with Crippen molar-refractivity contribution in [3.8, 4) is 0 Å². The van der Waals surface area contributed by atoms with Gasteiger partial charge in [-0.05, 0) is 31.5 Å². The molecular weight excluding hydrogens is 233 g/mol. The molecule has 15 heavy (non-hydrogen) atoms. The number of nitrogens with two attached hydrogens (primary N) is 1. The van der Waals surface area contributed by atoms with Gasteiger partial charge in [-0.15, -0.1) is 0 Å². The maximum absolute atomic E-state index is 6.02. The fourth-order valence-corrected chi connectivity index (χ4v) is 1.66. The van der Waals surface area contributed by atoms with Crippen LogP contribution in [-0.2, 0) is 4.74 Å². The van der Waals surface area contributed by atoms with Gasteiger partial charge in [-0.2, -0.15) is 0 Å². The number of benzene rings is 1. The van der Waals surface area contributed by atoms with Gasteiger partial charge in [-0.3, -0.25) is 0 Å². The van der Waals surface area contributed by atoms with Gasteiger partial charge in [0.1, 0.15) is 0 Å². The average Bonchev–Trinajstić information content (AvgIpc) is 2.21. The zero-order valence-electron chi connectivity index (χ0n) is 8.84. The smallest absolute Gasteiger partial charge is 0.0739 e. The molecule has 0 spiro atoms. The minimum Gasteiger partial charge on any atom is -0.377 e. The molecule has 0 heterocycles. The maximum Gasteiger partial charge on any atom is 0.0739 e. The van der Waals surface area contributed by atoms with E-state index in [-0.39, 0.29) is 12.1 Å². The lowest BCUT2D eigenvalue weighted by Gasteiger charge is -2.20. The first kappa shape index (κ1) is 12.8. The first-order chi connectivity index (χ1) is 7.06. The Morgan fingerprint density at radius 3 is 2.53 bits per heavy atom. The molecule has 1 rings (SSSR count). The zero-order valence-corrected chi connectivity index (χ0v) is 10.3. The quantitative estimate of drug-likeness (QED) is 0.886. The summed E-state index contributed by atoms with van der Waals surface area (Å²) >= 11 is 11.7. The number of halogens is 2. The fraction of sp³-hybridized carbons (Fsp3) is 0.455. The normalized spacial score (nSPS) is 15.0. The molecule has 2 unspecified atom stereocenters. The molecule has 2 N–H and O–H groups in total. The Hall–Kier alpha value is -0.280. The van der Waals surface area contributed by atoms with Crippen molar-refractivity contribution < 1.29 is 4.74 Å². The molecule has 1 aromatic rings. The van der Waals surface area contributed by atoms with E-state index in [9.17, 15) is 0 Å². The summed E-state index contributed by atoms with van der Waals surface area (Å²) in [5.74, 6) is 0. The molecular formula is C11H15Cl2NO. The molecule has 84 valence electrons. The lowest BCUT2D eigenvalue weighted by molar-refractivity contribution is 0.0574. The Balaban J connectivity index is 2.81. The van der Waals surface area contributed by atoms with Crippen molar-refractivity contribution in [1.82, 2.24) is 0 Å². The molecule has 0 aliphatic carbocycles. The molecule has 0 saturated heterocycles. The summed E-state index contributed by atoms with van der Waals surface area (Å²) in [6.07, 6.45) is -0.0350. The minimum atomic E-state index is -0.181. The van der Waals surface area contributed by atoms with E-state index in [1.165, 1.54) is 0 Å². The molecule has 0 amide bonds. The number of ether oxygens (including phenoxy) is 1. The Labute approximate surface area is 100 Å². The molecule has 4 heteroatoms. The van der Waals surface area contributed by atoms with Crippen LogP contribution in [0.1, 0.15) is 25.5 Å². The van der Waals surface area contributed by atoms with Gasteiger partial charge >= 0.3 is 0 Å². The van der Waals surface area contributed by atoms with Crippen LogP contribution in [0.5, 0.6) is 0 Å². The van der Waals surface area contributed by atoms with E-state index in [2.05, 4.69) is 0 Å². The second-order valence-electron chi connectivity index (χ2n) is 3.36. The van der Waals surface area contributed by atoms with Gasteiger partial charge < -0.3 is 10.5 Å². The summed E-state index contributed by atoms with van der Waals surface area (Å²) in [5, 5.41) is 1.06. The van der Waals surface area contributed by atoms with Gasteiger partial charge in [0.25, 0.3) is 0 Å². The van der Waals surface area contributed by atoms with Crippen molar-refractivity contribution in [1.29, 1.82) is 0 Å². The third kappa shape index (κ3) is 3.35. The first-order valence-corrected chi connectivity index (χ1v) is 5.64. The van der Waals surface area contributed by atoms with Crippen molar-refractivity contribution in [2.24, 2.45) is 5.73 Å². The van der Waals surface area contributed by atoms with Crippen LogP contribution in [0, 0.1) is 0 Å². The molecule has 0 fully saturated rings. The van der Waals surface area contributed by atoms with Crippen molar-refractivity contribution >= 4 is 23.2 Å². The second kappa shape index (κ2) is 5.71. The summed E-state index contributed by atoms with van der Waals surface area (Å²) in [6, 6.07) is 5.22. The van der Waals surface area contributed by atoms with E-state index in [4.69, 9.17) is 33.7 Å². The highest BCUT2D eigenvalue weighted by atomic mass is 35.5. The third-order valence-electron chi connectivity index (χ3n) is 2.26. The number of hydrogen-bond donors (Lipinski definition) is 1. The lowest BCUT2D eigenvalue weighted by atomic mass is 10.0. The average molecular weight is 248 g/mol. The summed E-state index contributed by atoms with van der Waals surface area (Å²) in [5.41, 5.74) is 6.95. The summed E-state index contributed by atoms with van der Waals surface area (Å²) in [7, 11) is 0. The van der Waals surface area contributed by atoms with E-state index in [0.29, 0.717) is 16.7 Å². The van der Waals surface area contributed by atoms with E-state index in [0.717, 1.165) is 5.56 Å². The largest absolute Gasteiger partial charge is 0.377 e. The van der Waals surface area contributed by atoms with Crippen molar-refractivity contribution in [3.63, 3.8) is 0 Å². The maximum atomic E-state index is 6.02. The molecule has 1 aromatic carbocycles. The van der Waals surface area contributed by atoms with Gasteiger partial charge in [-0.25, -0.2) is 0 Å². The van der Waals surface area contributed by atoms with Crippen LogP contribution >= 0.6 is 23.2 Å². The Morgan fingerprint density at radius 2 is 2.00 bits per heavy atom. The summed E-state index contributed by atoms with van der Waals surface area (Å²) in [6.45, 7) is 4.53. The molecule has 2 nitrogen and oxygen atoms in total. The molecule has 0 saturated carbocycles. The highest BCUT2D eigenvalue weighted by molar-refractivity contribution is 6.42. The highest BCUT2D eigenvalue weighted by Crippen LogP contribution is 2.26. The van der Waals surface area contributed by atoms with Crippen LogP contribution in [0.25, 0.3) is 0 Å². The van der Waals surface area contributed by atoms with Gasteiger partial charge in [0.05, 0.1) is 22.2 Å². The van der Waals surface area contributed by atoms with E-state index < -0.39 is 0 Å². The van der Waals surface area contributed by atoms with Crippen LogP contribution in [0.15, 0.2) is 18.2 Å². The van der Waals surface area contributed by atoms with E-state index in [1.54, 1.807) is 12.1 Å². The fourth-order valence-electron chi connectivity index (χ4n) is 1.36. The monoisotopic (exact) mass is 247 g/mol. The van der Waals surface area contributed by atoms with Crippen molar-refractivity contribution in [2.75, 3.05) is 6.61 Å². The van der Waals surface area contributed by atoms with E-state index >= 15 is 0 Å². The van der Waals surface area contributed by atoms with Crippen LogP contribution < -0.4 is 5.73 Å². The van der Waals surface area contributed by atoms with Crippen molar-refractivity contribution in [3.05, 3.63) is 33.8 Å². The topological polar surface area (TPSA) is 35.2 Å². The second-order valence-corrected chi connectivity index (χ2v) is 4.17. The molecule has 0 aromatic heterocycles. The molecule has 0 bridgehead atoms. The standard InChI is InChI=1S/C11H15Cl2NO/c1-3-15-7(2)11(14)8-4-5-9(12)10(13)6-8/h4-7,11H,3,14H2,1-2H3. The van der Waals surface area contributed by atoms with Gasteiger partial charge in [0.15, 0.2) is 0 Å². The predicted molar refractivity (Wildman–Crippen MR) is 64.5 cm³/mol. The Morgan fingerprint density at radius 1 is 1.33 bits per heavy atom. The van der Waals surface area contributed by atoms with Crippen LogP contribution in [-0.4, -0.2) is 12.7 Å². The summed E-state index contributed by atoms with van der Waals surface area (Å²) in [4.78, 5) is 0. The van der Waals surface area contributed by atoms with E-state index in [1.807, 2.05) is 19.9 Å². The highest BCUT2D eigenvalue weighted by Gasteiger charge is 2.15. The minimum absolute atomic E-state index is 0.0350. The van der Waals surface area contributed by atoms with Gasteiger partial charge in [0.2, 0.25) is 0 Å². The third-order valence-corrected chi connectivity index (χ3v) is 3.00. The van der Waals surface area contributed by atoms with Crippen LogP contribution in [0.4, 0.5) is 0 Å². The van der Waals surface area contributed by atoms with Crippen LogP contribution in [0.3, 0.4) is 0 Å². The van der Waals surface area contributed by atoms with Gasteiger partial charge in [0, 0.05) is 6.61 Å². The molecule has 0 aliphatic heterocycles. The zero-order chi connectivity index (χ0) is 11.4. The SMILES string of the molecule is CCOC(C)C(N)c1ccc(Cl)c(Cl)c1. The summed E-state index contributed by atoms with van der Waals surface area (Å²) < 4.78 is 5.43. The lowest BCUT2D eigenvalue weighted by Crippen LogP contribution is -2.26.